The van der Waals surface area contributed by atoms with Crippen molar-refractivity contribution in [3.8, 4) is 28.3 Å². The molecule has 5 rings (SSSR count). The van der Waals surface area contributed by atoms with Crippen LogP contribution >= 0.6 is 0 Å². The number of imidazole rings is 1. The summed E-state index contributed by atoms with van der Waals surface area (Å²) in [5.41, 5.74) is 3.31. The summed E-state index contributed by atoms with van der Waals surface area (Å²) in [6, 6.07) is 15.5. The van der Waals surface area contributed by atoms with Gasteiger partial charge in [0, 0.05) is 29.7 Å². The van der Waals surface area contributed by atoms with E-state index in [2.05, 4.69) is 10.3 Å². The molecule has 1 fully saturated rings. The van der Waals surface area contributed by atoms with E-state index in [1.807, 2.05) is 32.0 Å². The SMILES string of the molecule is Cc1cccc(C)c1-c1cc(-c2[nH]c(C)c(C(=O)Nc3cccc(C(F)(F)C4CC4)c3)[n+]2O)ccc1OC(F)F. The number of carbonyl (C=O) groups is 1. The summed E-state index contributed by atoms with van der Waals surface area (Å²) < 4.78 is 61.0. The lowest BCUT2D eigenvalue weighted by Crippen LogP contribution is -2.39. The maximum Gasteiger partial charge on any atom is 0.387 e. The van der Waals surface area contributed by atoms with Crippen LogP contribution in [0.5, 0.6) is 5.75 Å². The Hall–Kier alpha value is -4.34. The van der Waals surface area contributed by atoms with Gasteiger partial charge in [-0.1, -0.05) is 30.3 Å². The first-order valence-corrected chi connectivity index (χ1v) is 12.8. The molecule has 1 saturated carbocycles. The molecule has 1 aromatic heterocycles. The van der Waals surface area contributed by atoms with Crippen LogP contribution in [0.15, 0.2) is 60.7 Å². The van der Waals surface area contributed by atoms with E-state index in [4.69, 9.17) is 4.74 Å². The highest BCUT2D eigenvalue weighted by atomic mass is 19.3. The molecule has 208 valence electrons. The number of amides is 1. The Morgan fingerprint density at radius 1 is 1.05 bits per heavy atom. The Morgan fingerprint density at radius 2 is 1.73 bits per heavy atom. The fourth-order valence-electron chi connectivity index (χ4n) is 5.01. The second-order valence-corrected chi connectivity index (χ2v) is 10.0. The lowest BCUT2D eigenvalue weighted by atomic mass is 9.93. The van der Waals surface area contributed by atoms with E-state index in [1.165, 1.54) is 36.4 Å². The summed E-state index contributed by atoms with van der Waals surface area (Å²) in [5.74, 6) is -4.32. The summed E-state index contributed by atoms with van der Waals surface area (Å²) in [5, 5.41) is 13.6. The van der Waals surface area contributed by atoms with E-state index in [-0.39, 0.29) is 28.5 Å². The topological polar surface area (TPSA) is 78.2 Å². The number of nitrogens with zero attached hydrogens (tertiary/aromatic N) is 1. The van der Waals surface area contributed by atoms with Crippen molar-refractivity contribution in [3.63, 3.8) is 0 Å². The number of hydrogen-bond acceptors (Lipinski definition) is 3. The number of hydrogen-bond donors (Lipinski definition) is 3. The number of benzene rings is 3. The van der Waals surface area contributed by atoms with Crippen LogP contribution in [-0.2, 0) is 5.92 Å². The van der Waals surface area contributed by atoms with Crippen LogP contribution in [0.3, 0.4) is 0 Å². The second kappa shape index (κ2) is 10.3. The molecule has 40 heavy (non-hydrogen) atoms. The van der Waals surface area contributed by atoms with Gasteiger partial charge in [0.05, 0.1) is 5.56 Å². The zero-order chi connectivity index (χ0) is 28.8. The van der Waals surface area contributed by atoms with Crippen LogP contribution in [0.4, 0.5) is 23.2 Å². The van der Waals surface area contributed by atoms with Gasteiger partial charge in [0.15, 0.2) is 5.69 Å². The summed E-state index contributed by atoms with van der Waals surface area (Å²) in [6.45, 7) is 2.24. The maximum atomic E-state index is 14.6. The predicted octanol–water partition coefficient (Wildman–Crippen LogP) is 7.15. The van der Waals surface area contributed by atoms with Crippen LogP contribution in [-0.4, -0.2) is 22.7 Å². The van der Waals surface area contributed by atoms with Gasteiger partial charge < -0.3 is 15.3 Å². The van der Waals surface area contributed by atoms with Gasteiger partial charge in [-0.25, -0.2) is 13.8 Å². The summed E-state index contributed by atoms with van der Waals surface area (Å²) in [6.07, 6.45) is 0.916. The highest BCUT2D eigenvalue weighted by Crippen LogP contribution is 2.50. The summed E-state index contributed by atoms with van der Waals surface area (Å²) >= 11 is 0. The van der Waals surface area contributed by atoms with Gasteiger partial charge in [0.25, 0.3) is 11.6 Å². The number of aromatic amines is 1. The normalized spacial score (nSPS) is 13.5. The van der Waals surface area contributed by atoms with Crippen molar-refractivity contribution in [1.82, 2.24) is 4.98 Å². The van der Waals surface area contributed by atoms with Crippen LogP contribution < -0.4 is 14.8 Å². The Bertz CT molecular complexity index is 1580. The van der Waals surface area contributed by atoms with Gasteiger partial charge in [0.1, 0.15) is 5.75 Å². The van der Waals surface area contributed by atoms with Gasteiger partial charge >= 0.3 is 18.3 Å². The number of nitrogens with one attached hydrogen (secondary N) is 2. The van der Waals surface area contributed by atoms with Gasteiger partial charge in [-0.2, -0.15) is 8.78 Å². The standard InChI is InChI=1S/C30H27F4N3O3/c1-16-6-4-7-17(2)25(16)23-14-19(10-13-24(23)40-29(31)32)27-35-18(3)26(37(27)39)28(38)36-22-9-5-8-21(15-22)30(33,34)20-11-12-20/h4-10,13-15,20,29,39H,11-12H2,1-3H3,(H,36,38)/p+1. The number of anilines is 1. The molecular formula is C30H28F4N3O3+. The minimum Gasteiger partial charge on any atom is -0.434 e. The molecule has 10 heteroatoms. The number of carbonyl (C=O) groups excluding carboxylic acids is 1. The molecule has 0 spiro atoms. The van der Waals surface area contributed by atoms with Crippen LogP contribution in [0.2, 0.25) is 0 Å². The number of alkyl halides is 4. The fraction of sp³-hybridized carbons (Fsp3) is 0.267. The number of aryl methyl sites for hydroxylation is 3. The minimum absolute atomic E-state index is 0.0373. The molecule has 4 aromatic rings. The molecule has 0 aliphatic heterocycles. The van der Waals surface area contributed by atoms with Crippen molar-refractivity contribution in [3.05, 3.63) is 88.7 Å². The van der Waals surface area contributed by atoms with Gasteiger partial charge in [-0.3, -0.25) is 4.79 Å². The molecule has 0 unspecified atom stereocenters. The lowest BCUT2D eigenvalue weighted by molar-refractivity contribution is -0.896. The molecule has 1 amide bonds. The molecule has 0 saturated heterocycles. The summed E-state index contributed by atoms with van der Waals surface area (Å²) in [4.78, 5) is 16.1. The van der Waals surface area contributed by atoms with Crippen LogP contribution in [0.1, 0.15) is 45.7 Å². The Morgan fingerprint density at radius 3 is 2.38 bits per heavy atom. The van der Waals surface area contributed by atoms with E-state index in [9.17, 15) is 27.6 Å². The third kappa shape index (κ3) is 5.13. The predicted molar refractivity (Wildman–Crippen MR) is 141 cm³/mol. The minimum atomic E-state index is -3.04. The highest BCUT2D eigenvalue weighted by Gasteiger charge is 2.48. The van der Waals surface area contributed by atoms with Crippen LogP contribution in [0.25, 0.3) is 22.5 Å². The molecule has 3 aromatic carbocycles. The molecular weight excluding hydrogens is 526 g/mol. The zero-order valence-electron chi connectivity index (χ0n) is 22.1. The third-order valence-electron chi connectivity index (χ3n) is 7.11. The van der Waals surface area contributed by atoms with E-state index in [0.29, 0.717) is 40.0 Å². The van der Waals surface area contributed by atoms with Crippen molar-refractivity contribution in [1.29, 1.82) is 0 Å². The van der Waals surface area contributed by atoms with E-state index < -0.39 is 24.4 Å². The first kappa shape index (κ1) is 27.2. The molecule has 0 radical (unpaired) electrons. The van der Waals surface area contributed by atoms with E-state index in [0.717, 1.165) is 11.1 Å². The molecule has 1 aliphatic carbocycles. The molecule has 0 atom stereocenters. The smallest absolute Gasteiger partial charge is 0.387 e. The van der Waals surface area contributed by atoms with Gasteiger partial charge in [0.2, 0.25) is 0 Å². The third-order valence-corrected chi connectivity index (χ3v) is 7.11. The Kier molecular flexibility index (Phi) is 7.03. The molecule has 3 N–H and O–H groups in total. The largest absolute Gasteiger partial charge is 0.434 e. The number of ether oxygens (including phenoxy) is 1. The van der Waals surface area contributed by atoms with Crippen molar-refractivity contribution < 1.29 is 37.0 Å². The van der Waals surface area contributed by atoms with E-state index >= 15 is 0 Å². The average molecular weight is 555 g/mol. The monoisotopic (exact) mass is 554 g/mol. The quantitative estimate of drug-likeness (QED) is 0.123. The highest BCUT2D eigenvalue weighted by molar-refractivity contribution is 6.02. The van der Waals surface area contributed by atoms with Gasteiger partial charge in [-0.05, 0) is 78.4 Å². The summed E-state index contributed by atoms with van der Waals surface area (Å²) in [7, 11) is 0. The molecule has 1 heterocycles. The maximum absolute atomic E-state index is 14.6. The first-order valence-electron chi connectivity index (χ1n) is 12.8. The fourth-order valence-corrected chi connectivity index (χ4v) is 5.01. The number of aromatic nitrogens is 2. The number of halogens is 4. The zero-order valence-corrected chi connectivity index (χ0v) is 22.1. The van der Waals surface area contributed by atoms with Crippen LogP contribution in [0, 0.1) is 26.7 Å². The van der Waals surface area contributed by atoms with Crippen molar-refractivity contribution >= 4 is 11.6 Å². The average Bonchev–Trinajstić information content (AvgIpc) is 3.70. The van der Waals surface area contributed by atoms with E-state index in [1.54, 1.807) is 13.0 Å². The Labute approximate surface area is 228 Å². The second-order valence-electron chi connectivity index (χ2n) is 10.0. The van der Waals surface area contributed by atoms with Crippen molar-refractivity contribution in [2.24, 2.45) is 5.92 Å². The Balaban J connectivity index is 1.50. The first-order chi connectivity index (χ1) is 19.0. The number of rotatable bonds is 8. The number of H-pyrrole nitrogens is 1. The molecule has 0 bridgehead atoms. The van der Waals surface area contributed by atoms with Crippen molar-refractivity contribution in [2.45, 2.75) is 46.1 Å². The van der Waals surface area contributed by atoms with Gasteiger partial charge in [-0.15, -0.1) is 0 Å². The molecule has 6 nitrogen and oxygen atoms in total. The molecule has 1 aliphatic rings. The van der Waals surface area contributed by atoms with Crippen molar-refractivity contribution in [2.75, 3.05) is 5.32 Å². The lowest BCUT2D eigenvalue weighted by Gasteiger charge is -2.16.